The Bertz CT molecular complexity index is 1090. The summed E-state index contributed by atoms with van der Waals surface area (Å²) in [5.41, 5.74) is -0.691. The lowest BCUT2D eigenvalue weighted by Gasteiger charge is -2.18. The molecule has 6 heteroatoms. The molecular weight excluding hydrogens is 365 g/mol. The molecule has 3 rings (SSSR count). The van der Waals surface area contributed by atoms with Crippen molar-refractivity contribution in [3.05, 3.63) is 99.1 Å². The van der Waals surface area contributed by atoms with Crippen LogP contribution in [0.15, 0.2) is 65.5 Å². The summed E-state index contributed by atoms with van der Waals surface area (Å²) in [5.74, 6) is 0. The summed E-state index contributed by atoms with van der Waals surface area (Å²) in [6.45, 7) is 9.15. The number of aryl methyl sites for hydroxylation is 1. The van der Waals surface area contributed by atoms with E-state index in [1.807, 2.05) is 19.1 Å². The van der Waals surface area contributed by atoms with Gasteiger partial charge in [-0.05, 0) is 35.2 Å². The zero-order valence-electron chi connectivity index (χ0n) is 15.1. The van der Waals surface area contributed by atoms with Crippen molar-refractivity contribution in [1.82, 2.24) is 4.57 Å². The van der Waals surface area contributed by atoms with Crippen LogP contribution in [-0.2, 0) is 19.1 Å². The molecule has 0 amide bonds. The summed E-state index contributed by atoms with van der Waals surface area (Å²) in [5, 5.41) is 0. The Hall–Kier alpha value is -3.33. The minimum absolute atomic E-state index is 0.0754. The molecule has 0 fully saturated rings. The normalized spacial score (nSPS) is 11.2. The molecule has 0 aliphatic rings. The van der Waals surface area contributed by atoms with Crippen LogP contribution in [0.25, 0.3) is 16.1 Å². The Labute approximate surface area is 160 Å². The van der Waals surface area contributed by atoms with Crippen LogP contribution in [0.3, 0.4) is 0 Å². The van der Waals surface area contributed by atoms with Gasteiger partial charge in [-0.15, -0.1) is 0 Å². The maximum absolute atomic E-state index is 13.5. The fourth-order valence-corrected chi connectivity index (χ4v) is 3.07. The van der Waals surface area contributed by atoms with Crippen molar-refractivity contribution in [2.45, 2.75) is 26.1 Å². The summed E-state index contributed by atoms with van der Waals surface area (Å²) in [6.07, 6.45) is -4.08. The third-order valence-electron chi connectivity index (χ3n) is 4.51. The highest BCUT2D eigenvalue weighted by molar-refractivity contribution is 5.66. The van der Waals surface area contributed by atoms with Crippen molar-refractivity contribution in [3.8, 4) is 11.3 Å². The summed E-state index contributed by atoms with van der Waals surface area (Å²) >= 11 is 0. The molecule has 0 aliphatic heterocycles. The molecule has 0 aliphatic carbocycles. The standard InChI is InChI=1S/C22H17F3N2O/c1-3-15-10-7-11-17(12-15)19-13-18(22(23,24)25)20(26-2)21(28)27(19)14-16-8-5-4-6-9-16/h4-13H,3,14H2,1H3. The summed E-state index contributed by atoms with van der Waals surface area (Å²) in [7, 11) is 0. The van der Waals surface area contributed by atoms with Gasteiger partial charge in [-0.1, -0.05) is 55.5 Å². The highest BCUT2D eigenvalue weighted by Gasteiger charge is 2.36. The Morgan fingerprint density at radius 1 is 1.00 bits per heavy atom. The summed E-state index contributed by atoms with van der Waals surface area (Å²) < 4.78 is 41.8. The van der Waals surface area contributed by atoms with E-state index in [0.717, 1.165) is 17.2 Å². The molecule has 0 saturated heterocycles. The van der Waals surface area contributed by atoms with E-state index in [0.29, 0.717) is 12.0 Å². The number of hydrogen-bond acceptors (Lipinski definition) is 1. The molecule has 0 bridgehead atoms. The SMILES string of the molecule is [C-]#[N+]c1c(C(F)(F)F)cc(-c2cccc(CC)c2)n(Cc2ccccc2)c1=O. The second-order valence-electron chi connectivity index (χ2n) is 6.33. The molecule has 3 nitrogen and oxygen atoms in total. The van der Waals surface area contributed by atoms with Crippen molar-refractivity contribution in [2.24, 2.45) is 0 Å². The molecule has 1 heterocycles. The zero-order valence-corrected chi connectivity index (χ0v) is 15.1. The molecule has 0 unspecified atom stereocenters. The Morgan fingerprint density at radius 2 is 1.68 bits per heavy atom. The molecule has 3 aromatic rings. The van der Waals surface area contributed by atoms with Gasteiger partial charge in [0, 0.05) is 12.2 Å². The number of alkyl halides is 3. The Kier molecular flexibility index (Phi) is 5.36. The number of aromatic nitrogens is 1. The largest absolute Gasteiger partial charge is 0.407 e. The lowest BCUT2D eigenvalue weighted by Crippen LogP contribution is -2.25. The number of benzene rings is 2. The lowest BCUT2D eigenvalue weighted by atomic mass is 10.0. The van der Waals surface area contributed by atoms with Gasteiger partial charge in [0.2, 0.25) is 0 Å². The number of nitrogens with zero attached hydrogens (tertiary/aromatic N) is 2. The second kappa shape index (κ2) is 7.73. The number of halogens is 3. The van der Waals surface area contributed by atoms with E-state index < -0.39 is 23.0 Å². The predicted molar refractivity (Wildman–Crippen MR) is 102 cm³/mol. The highest BCUT2D eigenvalue weighted by atomic mass is 19.4. The topological polar surface area (TPSA) is 26.4 Å². The summed E-state index contributed by atoms with van der Waals surface area (Å²) in [4.78, 5) is 15.8. The van der Waals surface area contributed by atoms with Crippen LogP contribution in [0.5, 0.6) is 0 Å². The van der Waals surface area contributed by atoms with E-state index in [-0.39, 0.29) is 12.2 Å². The third-order valence-corrected chi connectivity index (χ3v) is 4.51. The maximum Gasteiger partial charge on any atom is 0.407 e. The van der Waals surface area contributed by atoms with E-state index >= 15 is 0 Å². The fourth-order valence-electron chi connectivity index (χ4n) is 3.07. The third kappa shape index (κ3) is 3.84. The van der Waals surface area contributed by atoms with Gasteiger partial charge in [0.05, 0.1) is 12.1 Å². The molecular formula is C22H17F3N2O. The van der Waals surface area contributed by atoms with E-state index in [1.54, 1.807) is 42.5 Å². The van der Waals surface area contributed by atoms with Crippen molar-refractivity contribution >= 4 is 5.69 Å². The number of rotatable bonds is 4. The Balaban J connectivity index is 2.32. The Morgan fingerprint density at radius 3 is 2.29 bits per heavy atom. The first-order valence-corrected chi connectivity index (χ1v) is 8.71. The van der Waals surface area contributed by atoms with Gasteiger partial charge >= 0.3 is 6.18 Å². The van der Waals surface area contributed by atoms with Crippen LogP contribution in [0.1, 0.15) is 23.6 Å². The van der Waals surface area contributed by atoms with Gasteiger partial charge in [0.1, 0.15) is 0 Å². The van der Waals surface area contributed by atoms with E-state index in [2.05, 4.69) is 4.85 Å². The van der Waals surface area contributed by atoms with Crippen molar-refractivity contribution in [1.29, 1.82) is 0 Å². The first kappa shape index (κ1) is 19.4. The van der Waals surface area contributed by atoms with Crippen molar-refractivity contribution in [3.63, 3.8) is 0 Å². The van der Waals surface area contributed by atoms with Crippen molar-refractivity contribution in [2.75, 3.05) is 0 Å². The number of pyridine rings is 1. The lowest BCUT2D eigenvalue weighted by molar-refractivity contribution is -0.136. The van der Waals surface area contributed by atoms with Gasteiger partial charge in [-0.3, -0.25) is 4.79 Å². The highest BCUT2D eigenvalue weighted by Crippen LogP contribution is 2.37. The van der Waals surface area contributed by atoms with Gasteiger partial charge in [0.15, 0.2) is 0 Å². The van der Waals surface area contributed by atoms with Crippen molar-refractivity contribution < 1.29 is 13.2 Å². The van der Waals surface area contributed by atoms with E-state index in [4.69, 9.17) is 6.57 Å². The molecule has 0 radical (unpaired) electrons. The van der Waals surface area contributed by atoms with Crippen LogP contribution >= 0.6 is 0 Å². The molecule has 0 N–H and O–H groups in total. The molecule has 2 aromatic carbocycles. The molecule has 0 atom stereocenters. The van der Waals surface area contributed by atoms with Gasteiger partial charge in [-0.2, -0.15) is 13.2 Å². The monoisotopic (exact) mass is 382 g/mol. The minimum atomic E-state index is -4.79. The average molecular weight is 382 g/mol. The van der Waals surface area contributed by atoms with Crippen LogP contribution in [-0.4, -0.2) is 4.57 Å². The first-order valence-electron chi connectivity index (χ1n) is 8.71. The molecule has 142 valence electrons. The predicted octanol–water partition coefficient (Wildman–Crippen LogP) is 5.70. The quantitative estimate of drug-likeness (QED) is 0.532. The molecule has 0 spiro atoms. The fraction of sp³-hybridized carbons (Fsp3) is 0.182. The average Bonchev–Trinajstić information content (AvgIpc) is 2.69. The smallest absolute Gasteiger partial charge is 0.313 e. The number of hydrogen-bond donors (Lipinski definition) is 0. The van der Waals surface area contributed by atoms with Crippen LogP contribution in [0.4, 0.5) is 18.9 Å². The second-order valence-corrected chi connectivity index (χ2v) is 6.33. The van der Waals surface area contributed by atoms with Gasteiger partial charge < -0.3 is 4.57 Å². The first-order chi connectivity index (χ1) is 13.3. The van der Waals surface area contributed by atoms with E-state index in [9.17, 15) is 18.0 Å². The molecule has 28 heavy (non-hydrogen) atoms. The van der Waals surface area contributed by atoms with Crippen LogP contribution < -0.4 is 5.56 Å². The molecule has 0 saturated carbocycles. The summed E-state index contributed by atoms with van der Waals surface area (Å²) in [6, 6.07) is 16.9. The van der Waals surface area contributed by atoms with Crippen LogP contribution in [0, 0.1) is 6.57 Å². The zero-order chi connectivity index (χ0) is 20.3. The van der Waals surface area contributed by atoms with Crippen LogP contribution in [0.2, 0.25) is 0 Å². The maximum atomic E-state index is 13.5. The van der Waals surface area contributed by atoms with Gasteiger partial charge in [0.25, 0.3) is 11.2 Å². The molecule has 1 aromatic heterocycles. The van der Waals surface area contributed by atoms with Gasteiger partial charge in [-0.25, -0.2) is 4.85 Å². The van der Waals surface area contributed by atoms with E-state index in [1.165, 1.54) is 4.57 Å². The minimum Gasteiger partial charge on any atom is -0.313 e.